The topological polar surface area (TPSA) is 26.0 Å². The molecule has 4 heterocycles. The van der Waals surface area contributed by atoms with E-state index in [0.29, 0.717) is 0 Å². The number of furan rings is 1. The summed E-state index contributed by atoms with van der Waals surface area (Å²) in [4.78, 5) is 5.32. The monoisotopic (exact) mass is 635 g/mol. The molecule has 41 heavy (non-hydrogen) atoms. The molecule has 0 radical (unpaired) electrons. The van der Waals surface area contributed by atoms with Crippen LogP contribution in [0.1, 0.15) is 0 Å². The Morgan fingerprint density at radius 2 is 1.37 bits per heavy atom. The van der Waals surface area contributed by atoms with Gasteiger partial charge in [-0.1, -0.05) is 0 Å². The molecule has 6 aromatic carbocycles. The molecule has 2 aromatic heterocycles. The molecule has 2 aliphatic heterocycles. The van der Waals surface area contributed by atoms with Gasteiger partial charge in [-0.05, 0) is 0 Å². The summed E-state index contributed by atoms with van der Waals surface area (Å²) >= 11 is -3.10. The Morgan fingerprint density at radius 1 is 0.585 bits per heavy atom. The Bertz CT molecular complexity index is 2510. The predicted molar refractivity (Wildman–Crippen MR) is 180 cm³/mol. The van der Waals surface area contributed by atoms with Crippen molar-refractivity contribution < 1.29 is 4.42 Å². The average Bonchev–Trinajstić information content (AvgIpc) is 3.61. The quantitative estimate of drug-likeness (QED) is 0.133. The zero-order chi connectivity index (χ0) is 26.9. The molecule has 0 N–H and O–H groups in total. The van der Waals surface area contributed by atoms with Crippen LogP contribution in [0.3, 0.4) is 0 Å². The minimum absolute atomic E-state index is 0.922. The normalized spacial score (nSPS) is 18.0. The van der Waals surface area contributed by atoms with E-state index in [1.807, 2.05) is 0 Å². The number of nitrogens with zero attached hydrogens (tertiary/aromatic N) is 1. The summed E-state index contributed by atoms with van der Waals surface area (Å²) in [7, 11) is 0. The van der Waals surface area contributed by atoms with Crippen molar-refractivity contribution in [1.29, 1.82) is 0 Å². The fourth-order valence-electron chi connectivity index (χ4n) is 7.11. The fraction of sp³-hybridized carbons (Fsp3) is 0. The minimum atomic E-state index is -3.10. The molecule has 0 bridgehead atoms. The van der Waals surface area contributed by atoms with E-state index >= 15 is 0 Å². The van der Waals surface area contributed by atoms with Crippen LogP contribution in [0.2, 0.25) is 0 Å². The van der Waals surface area contributed by atoms with Gasteiger partial charge in [0.2, 0.25) is 0 Å². The molecule has 2 nitrogen and oxygen atoms in total. The number of rotatable bonds is 1. The van der Waals surface area contributed by atoms with Gasteiger partial charge in [-0.2, -0.15) is 0 Å². The Labute approximate surface area is 239 Å². The summed E-state index contributed by atoms with van der Waals surface area (Å²) in [6, 6.07) is 43.8. The summed E-state index contributed by atoms with van der Waals surface area (Å²) < 4.78 is 15.8. The fourth-order valence-corrected chi connectivity index (χ4v) is 16.0. The van der Waals surface area contributed by atoms with Gasteiger partial charge >= 0.3 is 241 Å². The Balaban J connectivity index is 1.26. The Kier molecular flexibility index (Phi) is 4.08. The number of para-hydroxylation sites is 1. The van der Waals surface area contributed by atoms with E-state index in [0.717, 1.165) is 22.1 Å². The van der Waals surface area contributed by atoms with Gasteiger partial charge in [0.25, 0.3) is 0 Å². The second-order valence-electron chi connectivity index (χ2n) is 11.0. The van der Waals surface area contributed by atoms with Crippen LogP contribution in [-0.2, 0) is 0 Å². The molecule has 2 aliphatic rings. The van der Waals surface area contributed by atoms with Crippen LogP contribution < -0.4 is 0 Å². The van der Waals surface area contributed by atoms with Crippen LogP contribution in [-0.4, -0.2) is 9.50 Å². The maximum absolute atomic E-state index is 6.59. The first-order valence-electron chi connectivity index (χ1n) is 13.8. The van der Waals surface area contributed by atoms with Crippen molar-refractivity contribution in [2.45, 2.75) is 0 Å². The molecule has 0 amide bonds. The standard InChI is InChI=1S/C38H22INO/c1-39-31-18-19-33-36(28-17-16-23(21-34(28)41-33)26-12-6-10-22-8-2-4-11-25(22)26)35(31)29-14-7-13-27(37(29)39)30-20-24-9-3-5-15-32(24)40-38(30)39/h2-21H,1H2. The van der Waals surface area contributed by atoms with Crippen molar-refractivity contribution in [3.63, 3.8) is 0 Å². The van der Waals surface area contributed by atoms with Gasteiger partial charge in [-0.3, -0.25) is 0 Å². The van der Waals surface area contributed by atoms with Gasteiger partial charge in [0.15, 0.2) is 0 Å². The summed E-state index contributed by atoms with van der Waals surface area (Å²) in [6.07, 6.45) is 0. The second-order valence-corrected chi connectivity index (χ2v) is 18.2. The van der Waals surface area contributed by atoms with E-state index in [1.165, 1.54) is 65.8 Å². The van der Waals surface area contributed by atoms with Crippen LogP contribution in [0, 0.1) is 10.8 Å². The van der Waals surface area contributed by atoms with E-state index in [1.54, 1.807) is 0 Å². The Morgan fingerprint density at radius 3 is 2.32 bits per heavy atom. The van der Waals surface area contributed by atoms with Crippen molar-refractivity contribution in [3.05, 3.63) is 132 Å². The first kappa shape index (κ1) is 22.1. The molecule has 0 saturated heterocycles. The SMILES string of the molecule is C=I12c3ccc4oc5cc(-c6cccc7ccccc67)ccc5c4c3-c3cccc(c31)-c1cc3ccccc3nc12. The van der Waals surface area contributed by atoms with Gasteiger partial charge < -0.3 is 0 Å². The number of aromatic nitrogens is 1. The van der Waals surface area contributed by atoms with E-state index in [-0.39, 0.29) is 0 Å². The molecule has 8 aromatic rings. The van der Waals surface area contributed by atoms with Gasteiger partial charge in [0, 0.05) is 0 Å². The van der Waals surface area contributed by atoms with Crippen molar-refractivity contribution in [3.8, 4) is 33.4 Å². The van der Waals surface area contributed by atoms with Crippen LogP contribution in [0.15, 0.2) is 126 Å². The number of hydrogen-bond acceptors (Lipinski definition) is 2. The second kappa shape index (κ2) is 7.56. The predicted octanol–water partition coefficient (Wildman–Crippen LogP) is 10.3. The summed E-state index contributed by atoms with van der Waals surface area (Å²) in [5.74, 6) is 0. The molecule has 0 saturated carbocycles. The molecule has 192 valence electrons. The van der Waals surface area contributed by atoms with Gasteiger partial charge in [-0.15, -0.1) is 0 Å². The molecule has 1 unspecified atom stereocenters. The van der Waals surface area contributed by atoms with Gasteiger partial charge in [0.05, 0.1) is 0 Å². The molecular weight excluding hydrogens is 613 g/mol. The van der Waals surface area contributed by atoms with Crippen molar-refractivity contribution in [1.82, 2.24) is 4.98 Å². The van der Waals surface area contributed by atoms with E-state index in [4.69, 9.17) is 13.9 Å². The van der Waals surface area contributed by atoms with E-state index < -0.39 is 18.0 Å². The number of pyridine rings is 1. The van der Waals surface area contributed by atoms with E-state index in [9.17, 15) is 0 Å². The molecule has 3 heteroatoms. The maximum atomic E-state index is 6.59. The summed E-state index contributed by atoms with van der Waals surface area (Å²) in [5, 5.41) is 6.05. The molecule has 10 rings (SSSR count). The van der Waals surface area contributed by atoms with Crippen molar-refractivity contribution in [2.24, 2.45) is 0 Å². The third-order valence-electron chi connectivity index (χ3n) is 8.90. The summed E-state index contributed by atoms with van der Waals surface area (Å²) in [5.41, 5.74) is 10.5. The van der Waals surface area contributed by atoms with Crippen molar-refractivity contribution in [2.75, 3.05) is 0 Å². The van der Waals surface area contributed by atoms with Crippen LogP contribution in [0.5, 0.6) is 0 Å². The first-order chi connectivity index (χ1) is 20.2. The third kappa shape index (κ3) is 2.68. The summed E-state index contributed by atoms with van der Waals surface area (Å²) in [6.45, 7) is 0. The molecule has 1 atom stereocenters. The Hall–Kier alpha value is -4.61. The first-order valence-corrected chi connectivity index (χ1v) is 18.6. The van der Waals surface area contributed by atoms with Crippen LogP contribution in [0.25, 0.3) is 77.0 Å². The number of halogens is 1. The molecule has 0 spiro atoms. The zero-order valence-electron chi connectivity index (χ0n) is 22.0. The number of benzene rings is 6. The average molecular weight is 636 g/mol. The molecule has 0 aliphatic carbocycles. The zero-order valence-corrected chi connectivity index (χ0v) is 24.1. The van der Waals surface area contributed by atoms with Crippen molar-refractivity contribution >= 4 is 66.1 Å². The molecular formula is C38H22INO. The molecule has 0 fully saturated rings. The number of fused-ring (bicyclic) bond motifs is 12. The van der Waals surface area contributed by atoms with E-state index in [2.05, 4.69) is 121 Å². The van der Waals surface area contributed by atoms with Gasteiger partial charge in [0.1, 0.15) is 0 Å². The van der Waals surface area contributed by atoms with Gasteiger partial charge in [-0.25, -0.2) is 0 Å². The number of hydrogen-bond donors (Lipinski definition) is 0. The van der Waals surface area contributed by atoms with Crippen LogP contribution >= 0.6 is 18.0 Å². The third-order valence-corrected chi connectivity index (χ3v) is 17.4. The van der Waals surface area contributed by atoms with Crippen LogP contribution in [0.4, 0.5) is 0 Å².